The first-order valence-corrected chi connectivity index (χ1v) is 9.73. The van der Waals surface area contributed by atoms with E-state index in [0.717, 1.165) is 11.1 Å². The van der Waals surface area contributed by atoms with Crippen LogP contribution in [0, 0.1) is 6.92 Å². The smallest absolute Gasteiger partial charge is 0.335 e. The van der Waals surface area contributed by atoms with E-state index in [1.54, 1.807) is 37.3 Å². The molecule has 0 spiro atoms. The number of carboxylic acids is 1. The number of aromatic carboxylic acids is 1. The van der Waals surface area contributed by atoms with Gasteiger partial charge in [-0.05, 0) is 61.4 Å². The van der Waals surface area contributed by atoms with Crippen molar-refractivity contribution in [2.45, 2.75) is 19.9 Å². The number of hydrogen-bond donors (Lipinski definition) is 2. The molecule has 0 saturated carbocycles. The number of carbonyl (C=O) groups is 2. The van der Waals surface area contributed by atoms with Crippen LogP contribution in [-0.4, -0.2) is 22.0 Å². The summed E-state index contributed by atoms with van der Waals surface area (Å²) in [4.78, 5) is 28.0. The van der Waals surface area contributed by atoms with Crippen molar-refractivity contribution in [3.8, 4) is 11.6 Å². The summed E-state index contributed by atoms with van der Waals surface area (Å²) in [6.45, 7) is 3.66. The Labute approximate surface area is 183 Å². The molecule has 0 radical (unpaired) electrons. The van der Waals surface area contributed by atoms with Gasteiger partial charge in [0, 0.05) is 11.2 Å². The van der Waals surface area contributed by atoms with Gasteiger partial charge in [0.25, 0.3) is 5.91 Å². The predicted molar refractivity (Wildman–Crippen MR) is 115 cm³/mol. The van der Waals surface area contributed by atoms with Crippen molar-refractivity contribution >= 4 is 35.1 Å². The largest absolute Gasteiger partial charge is 0.478 e. The highest BCUT2D eigenvalue weighted by atomic mass is 35.5. The van der Waals surface area contributed by atoms with Crippen LogP contribution in [0.1, 0.15) is 44.8 Å². The van der Waals surface area contributed by atoms with E-state index >= 15 is 0 Å². The second-order valence-corrected chi connectivity index (χ2v) is 7.57. The van der Waals surface area contributed by atoms with Crippen LogP contribution in [-0.2, 0) is 0 Å². The van der Waals surface area contributed by atoms with Gasteiger partial charge >= 0.3 is 5.97 Å². The van der Waals surface area contributed by atoms with E-state index in [0.29, 0.717) is 10.8 Å². The van der Waals surface area contributed by atoms with E-state index in [1.165, 1.54) is 24.4 Å². The predicted octanol–water partition coefficient (Wildman–Crippen LogP) is 5.68. The highest BCUT2D eigenvalue weighted by Gasteiger charge is 2.19. The number of carbonyl (C=O) groups excluding carboxylic acids is 1. The molecule has 0 unspecified atom stereocenters. The first-order valence-electron chi connectivity index (χ1n) is 8.97. The zero-order valence-electron chi connectivity index (χ0n) is 16.1. The Morgan fingerprint density at radius 1 is 1.07 bits per heavy atom. The van der Waals surface area contributed by atoms with Gasteiger partial charge in [-0.1, -0.05) is 35.3 Å². The van der Waals surface area contributed by atoms with Crippen LogP contribution in [0.4, 0.5) is 0 Å². The van der Waals surface area contributed by atoms with Crippen molar-refractivity contribution < 1.29 is 19.4 Å². The molecule has 3 rings (SSSR count). The zero-order valence-corrected chi connectivity index (χ0v) is 17.7. The molecule has 0 fully saturated rings. The van der Waals surface area contributed by atoms with Gasteiger partial charge in [0.15, 0.2) is 0 Å². The topological polar surface area (TPSA) is 88.5 Å². The van der Waals surface area contributed by atoms with Crippen LogP contribution < -0.4 is 10.1 Å². The molecule has 1 heterocycles. The number of halogens is 2. The molecule has 0 aliphatic heterocycles. The molecule has 1 atom stereocenters. The summed E-state index contributed by atoms with van der Waals surface area (Å²) in [5.41, 5.74) is 1.98. The third-order valence-electron chi connectivity index (χ3n) is 4.30. The molecule has 3 aromatic rings. The lowest BCUT2D eigenvalue weighted by Crippen LogP contribution is -2.27. The number of nitrogens with zero attached hydrogens (tertiary/aromatic N) is 1. The normalized spacial score (nSPS) is 11.6. The van der Waals surface area contributed by atoms with E-state index in [-0.39, 0.29) is 28.1 Å². The number of aromatic nitrogens is 1. The summed E-state index contributed by atoms with van der Waals surface area (Å²) in [7, 11) is 0. The molecule has 0 aliphatic rings. The zero-order chi connectivity index (χ0) is 21.8. The molecule has 2 N–H and O–H groups in total. The number of hydrogen-bond acceptors (Lipinski definition) is 4. The van der Waals surface area contributed by atoms with E-state index in [4.69, 9.17) is 33.0 Å². The highest BCUT2D eigenvalue weighted by molar-refractivity contribution is 6.31. The fourth-order valence-electron chi connectivity index (χ4n) is 2.82. The minimum absolute atomic E-state index is 0.0898. The number of ether oxygens (including phenoxy) is 1. The third-order valence-corrected chi connectivity index (χ3v) is 4.72. The number of amides is 1. The molecule has 0 aliphatic carbocycles. The summed E-state index contributed by atoms with van der Waals surface area (Å²) in [6, 6.07) is 12.5. The van der Waals surface area contributed by atoms with Crippen molar-refractivity contribution in [3.63, 3.8) is 0 Å². The molecule has 1 aromatic heterocycles. The standard InChI is InChI=1S/C22H18Cl2N2O4/c1-12-7-16(23)9-18(8-12)30-21-19(10-17(24)11-25-21)20(27)26-13(2)14-3-5-15(6-4-14)22(28)29/h3-11,13H,1-2H3,(H,26,27)(H,28,29)/t13-/m0/s1. The fourth-order valence-corrected chi connectivity index (χ4v) is 3.25. The maximum absolute atomic E-state index is 12.9. The molecular formula is C22H18Cl2N2O4. The molecular weight excluding hydrogens is 427 g/mol. The lowest BCUT2D eigenvalue weighted by Gasteiger charge is -2.16. The van der Waals surface area contributed by atoms with Gasteiger partial charge in [0.05, 0.1) is 16.6 Å². The minimum atomic E-state index is -1.01. The average molecular weight is 445 g/mol. The summed E-state index contributed by atoms with van der Waals surface area (Å²) in [6.07, 6.45) is 1.39. The molecule has 30 heavy (non-hydrogen) atoms. The third kappa shape index (κ3) is 5.28. The van der Waals surface area contributed by atoms with Gasteiger partial charge in [-0.15, -0.1) is 0 Å². The Morgan fingerprint density at radius 3 is 2.40 bits per heavy atom. The quantitative estimate of drug-likeness (QED) is 0.510. The lowest BCUT2D eigenvalue weighted by molar-refractivity contribution is 0.0696. The number of aryl methyl sites for hydroxylation is 1. The van der Waals surface area contributed by atoms with Crippen molar-refractivity contribution in [2.75, 3.05) is 0 Å². The number of carboxylic acid groups (broad SMARTS) is 1. The summed E-state index contributed by atoms with van der Waals surface area (Å²) in [5.74, 6) is -0.914. The first kappa shape index (κ1) is 21.6. The van der Waals surface area contributed by atoms with Crippen LogP contribution in [0.3, 0.4) is 0 Å². The van der Waals surface area contributed by atoms with Crippen LogP contribution in [0.15, 0.2) is 54.7 Å². The van der Waals surface area contributed by atoms with E-state index in [1.807, 2.05) is 6.92 Å². The number of nitrogens with one attached hydrogen (secondary N) is 1. The average Bonchev–Trinajstić information content (AvgIpc) is 2.68. The fraction of sp³-hybridized carbons (Fsp3) is 0.136. The Hall–Kier alpha value is -3.09. The highest BCUT2D eigenvalue weighted by Crippen LogP contribution is 2.29. The van der Waals surface area contributed by atoms with Crippen LogP contribution in [0.25, 0.3) is 0 Å². The van der Waals surface area contributed by atoms with E-state index in [2.05, 4.69) is 10.3 Å². The number of benzene rings is 2. The monoisotopic (exact) mass is 444 g/mol. The second kappa shape index (κ2) is 9.15. The molecule has 0 saturated heterocycles. The molecule has 0 bridgehead atoms. The summed E-state index contributed by atoms with van der Waals surface area (Å²) >= 11 is 12.1. The van der Waals surface area contributed by atoms with Gasteiger partial charge in [-0.3, -0.25) is 4.79 Å². The Bertz CT molecular complexity index is 1080. The van der Waals surface area contributed by atoms with Gasteiger partial charge in [-0.25, -0.2) is 9.78 Å². The summed E-state index contributed by atoms with van der Waals surface area (Å²) < 4.78 is 5.80. The number of pyridine rings is 1. The molecule has 6 nitrogen and oxygen atoms in total. The molecule has 1 amide bonds. The van der Waals surface area contributed by atoms with Crippen molar-refractivity contribution in [2.24, 2.45) is 0 Å². The van der Waals surface area contributed by atoms with Crippen molar-refractivity contribution in [3.05, 3.63) is 87.0 Å². The van der Waals surface area contributed by atoms with Crippen LogP contribution >= 0.6 is 23.2 Å². The maximum atomic E-state index is 12.9. The maximum Gasteiger partial charge on any atom is 0.335 e. The van der Waals surface area contributed by atoms with Gasteiger partial charge in [0.1, 0.15) is 11.3 Å². The Morgan fingerprint density at radius 2 is 1.77 bits per heavy atom. The van der Waals surface area contributed by atoms with Crippen molar-refractivity contribution in [1.82, 2.24) is 10.3 Å². The Balaban J connectivity index is 1.82. The molecule has 2 aromatic carbocycles. The molecule has 154 valence electrons. The van der Waals surface area contributed by atoms with Crippen molar-refractivity contribution in [1.29, 1.82) is 0 Å². The van der Waals surface area contributed by atoms with Crippen LogP contribution in [0.5, 0.6) is 11.6 Å². The summed E-state index contributed by atoms with van der Waals surface area (Å²) in [5, 5.41) is 12.6. The Kier molecular flexibility index (Phi) is 6.59. The van der Waals surface area contributed by atoms with Gasteiger partial charge < -0.3 is 15.2 Å². The number of rotatable bonds is 6. The van der Waals surface area contributed by atoms with Gasteiger partial charge in [-0.2, -0.15) is 0 Å². The SMILES string of the molecule is Cc1cc(Cl)cc(Oc2ncc(Cl)cc2C(=O)N[C@@H](C)c2ccc(C(=O)O)cc2)c1. The van der Waals surface area contributed by atoms with E-state index < -0.39 is 11.9 Å². The molecule has 8 heteroatoms. The lowest BCUT2D eigenvalue weighted by atomic mass is 10.1. The first-order chi connectivity index (χ1) is 14.2. The van der Waals surface area contributed by atoms with Gasteiger partial charge in [0.2, 0.25) is 5.88 Å². The van der Waals surface area contributed by atoms with E-state index in [9.17, 15) is 9.59 Å². The van der Waals surface area contributed by atoms with Crippen LogP contribution in [0.2, 0.25) is 10.0 Å². The second-order valence-electron chi connectivity index (χ2n) is 6.69. The minimum Gasteiger partial charge on any atom is -0.478 e.